The zero-order valence-electron chi connectivity index (χ0n) is 15.4. The zero-order valence-corrected chi connectivity index (χ0v) is 15.4. The molecule has 0 aliphatic heterocycles. The standard InChI is InChI=1S/C22H17N3O4/c26-21(24-13-16-6-4-10-28-16)14-29-22(27)18-11-20(15-5-3-9-23-12-15)25-19-8-2-1-7-17(18)19/h1-12H,13-14H2,(H,24,26). The van der Waals surface area contributed by atoms with Crippen molar-refractivity contribution < 1.29 is 18.7 Å². The van der Waals surface area contributed by atoms with Crippen LogP contribution in [0.5, 0.6) is 0 Å². The molecule has 0 fully saturated rings. The van der Waals surface area contributed by atoms with E-state index in [1.54, 1.807) is 42.7 Å². The lowest BCUT2D eigenvalue weighted by Gasteiger charge is -2.10. The third-order valence-corrected chi connectivity index (χ3v) is 4.27. The second kappa shape index (κ2) is 8.35. The van der Waals surface area contributed by atoms with Crippen LogP contribution >= 0.6 is 0 Å². The number of nitrogens with zero attached hydrogens (tertiary/aromatic N) is 2. The van der Waals surface area contributed by atoms with Crippen LogP contribution in [0.1, 0.15) is 16.1 Å². The third kappa shape index (κ3) is 4.30. The lowest BCUT2D eigenvalue weighted by atomic mass is 10.1. The molecular formula is C22H17N3O4. The fourth-order valence-electron chi connectivity index (χ4n) is 2.87. The van der Waals surface area contributed by atoms with Crippen LogP contribution in [0.4, 0.5) is 0 Å². The van der Waals surface area contributed by atoms with Crippen LogP contribution in [0.15, 0.2) is 77.7 Å². The molecule has 0 aliphatic rings. The summed E-state index contributed by atoms with van der Waals surface area (Å²) in [7, 11) is 0. The predicted molar refractivity (Wildman–Crippen MR) is 106 cm³/mol. The summed E-state index contributed by atoms with van der Waals surface area (Å²) in [6.07, 6.45) is 4.87. The Hall–Kier alpha value is -4.00. The molecule has 3 heterocycles. The van der Waals surface area contributed by atoms with E-state index in [0.717, 1.165) is 5.56 Å². The Morgan fingerprint density at radius 1 is 1.07 bits per heavy atom. The summed E-state index contributed by atoms with van der Waals surface area (Å²) in [5, 5.41) is 3.29. The number of benzene rings is 1. The molecule has 3 aromatic heterocycles. The van der Waals surface area contributed by atoms with E-state index in [4.69, 9.17) is 9.15 Å². The van der Waals surface area contributed by atoms with Gasteiger partial charge in [-0.2, -0.15) is 0 Å². The van der Waals surface area contributed by atoms with Crippen molar-refractivity contribution in [1.29, 1.82) is 0 Å². The number of rotatable bonds is 6. The number of hydrogen-bond donors (Lipinski definition) is 1. The minimum atomic E-state index is -0.595. The first-order chi connectivity index (χ1) is 14.2. The first kappa shape index (κ1) is 18.4. The lowest BCUT2D eigenvalue weighted by Crippen LogP contribution is -2.28. The summed E-state index contributed by atoms with van der Waals surface area (Å²) in [4.78, 5) is 33.4. The Balaban J connectivity index is 1.52. The van der Waals surface area contributed by atoms with Crippen LogP contribution in [-0.4, -0.2) is 28.5 Å². The number of para-hydroxylation sites is 1. The molecule has 7 heteroatoms. The van der Waals surface area contributed by atoms with Crippen molar-refractivity contribution in [3.63, 3.8) is 0 Å². The minimum Gasteiger partial charge on any atom is -0.467 e. The Morgan fingerprint density at radius 3 is 2.76 bits per heavy atom. The molecule has 29 heavy (non-hydrogen) atoms. The predicted octanol–water partition coefficient (Wildman–Crippen LogP) is 3.36. The lowest BCUT2D eigenvalue weighted by molar-refractivity contribution is -0.124. The summed E-state index contributed by atoms with van der Waals surface area (Å²) in [6, 6.07) is 16.1. The fourth-order valence-corrected chi connectivity index (χ4v) is 2.87. The maximum Gasteiger partial charge on any atom is 0.339 e. The van der Waals surface area contributed by atoms with Crippen molar-refractivity contribution in [2.45, 2.75) is 6.54 Å². The van der Waals surface area contributed by atoms with E-state index in [9.17, 15) is 9.59 Å². The van der Waals surface area contributed by atoms with E-state index in [-0.39, 0.29) is 6.54 Å². The van der Waals surface area contributed by atoms with Crippen LogP contribution in [0, 0.1) is 0 Å². The van der Waals surface area contributed by atoms with Gasteiger partial charge in [-0.05, 0) is 36.4 Å². The van der Waals surface area contributed by atoms with E-state index in [0.29, 0.717) is 27.9 Å². The highest BCUT2D eigenvalue weighted by Crippen LogP contribution is 2.24. The molecule has 1 aromatic carbocycles. The molecule has 0 saturated carbocycles. The van der Waals surface area contributed by atoms with Gasteiger partial charge < -0.3 is 14.5 Å². The van der Waals surface area contributed by atoms with Gasteiger partial charge in [0.25, 0.3) is 5.91 Å². The number of amides is 1. The largest absolute Gasteiger partial charge is 0.467 e. The molecule has 0 aliphatic carbocycles. The number of carbonyl (C=O) groups excluding carboxylic acids is 2. The molecule has 0 radical (unpaired) electrons. The van der Waals surface area contributed by atoms with Gasteiger partial charge in [0.2, 0.25) is 0 Å². The van der Waals surface area contributed by atoms with Gasteiger partial charge in [-0.3, -0.25) is 9.78 Å². The van der Waals surface area contributed by atoms with Gasteiger partial charge in [-0.1, -0.05) is 18.2 Å². The van der Waals surface area contributed by atoms with Gasteiger partial charge in [0.1, 0.15) is 5.76 Å². The molecule has 1 N–H and O–H groups in total. The van der Waals surface area contributed by atoms with Crippen molar-refractivity contribution in [2.75, 3.05) is 6.61 Å². The molecule has 0 spiro atoms. The summed E-state index contributed by atoms with van der Waals surface area (Å²) < 4.78 is 10.4. The summed E-state index contributed by atoms with van der Waals surface area (Å²) in [6.45, 7) is -0.162. The second-order valence-corrected chi connectivity index (χ2v) is 6.25. The zero-order chi connectivity index (χ0) is 20.1. The Bertz CT molecular complexity index is 1140. The average molecular weight is 387 g/mol. The molecule has 0 unspecified atom stereocenters. The molecule has 4 rings (SSSR count). The topological polar surface area (TPSA) is 94.3 Å². The van der Waals surface area contributed by atoms with Gasteiger partial charge in [0, 0.05) is 23.3 Å². The van der Waals surface area contributed by atoms with E-state index in [2.05, 4.69) is 15.3 Å². The highest BCUT2D eigenvalue weighted by atomic mass is 16.5. The van der Waals surface area contributed by atoms with E-state index in [1.165, 1.54) is 6.26 Å². The van der Waals surface area contributed by atoms with Gasteiger partial charge in [-0.15, -0.1) is 0 Å². The number of ether oxygens (including phenoxy) is 1. The Morgan fingerprint density at radius 2 is 1.97 bits per heavy atom. The number of fused-ring (bicyclic) bond motifs is 1. The van der Waals surface area contributed by atoms with E-state index in [1.807, 2.05) is 24.3 Å². The molecule has 0 bridgehead atoms. The molecule has 4 aromatic rings. The minimum absolute atomic E-state index is 0.229. The van der Waals surface area contributed by atoms with Gasteiger partial charge in [-0.25, -0.2) is 9.78 Å². The highest BCUT2D eigenvalue weighted by molar-refractivity contribution is 6.05. The first-order valence-corrected chi connectivity index (χ1v) is 8.97. The monoisotopic (exact) mass is 387 g/mol. The molecule has 1 amide bonds. The van der Waals surface area contributed by atoms with Gasteiger partial charge >= 0.3 is 5.97 Å². The van der Waals surface area contributed by atoms with Crippen molar-refractivity contribution in [1.82, 2.24) is 15.3 Å². The number of esters is 1. The van der Waals surface area contributed by atoms with Crippen LogP contribution in [0.2, 0.25) is 0 Å². The highest BCUT2D eigenvalue weighted by Gasteiger charge is 2.16. The number of furan rings is 1. The normalized spacial score (nSPS) is 10.6. The first-order valence-electron chi connectivity index (χ1n) is 8.97. The van der Waals surface area contributed by atoms with Crippen LogP contribution in [0.3, 0.4) is 0 Å². The van der Waals surface area contributed by atoms with Crippen LogP contribution in [0.25, 0.3) is 22.2 Å². The summed E-state index contributed by atoms with van der Waals surface area (Å²) in [5.41, 5.74) is 2.38. The van der Waals surface area contributed by atoms with Crippen molar-refractivity contribution in [3.8, 4) is 11.3 Å². The van der Waals surface area contributed by atoms with E-state index >= 15 is 0 Å². The molecule has 0 atom stereocenters. The smallest absolute Gasteiger partial charge is 0.339 e. The van der Waals surface area contributed by atoms with Crippen molar-refractivity contribution in [2.24, 2.45) is 0 Å². The molecule has 0 saturated heterocycles. The molecule has 144 valence electrons. The maximum absolute atomic E-state index is 12.7. The van der Waals surface area contributed by atoms with Crippen molar-refractivity contribution in [3.05, 3.63) is 84.6 Å². The SMILES string of the molecule is O=C(COC(=O)c1cc(-c2cccnc2)nc2ccccc12)NCc1ccco1. The van der Waals surface area contributed by atoms with Crippen molar-refractivity contribution >= 4 is 22.8 Å². The van der Waals surface area contributed by atoms with Gasteiger partial charge in [0.05, 0.1) is 29.6 Å². The molecular weight excluding hydrogens is 370 g/mol. The van der Waals surface area contributed by atoms with Crippen LogP contribution in [-0.2, 0) is 16.1 Å². The maximum atomic E-state index is 12.7. The number of hydrogen-bond acceptors (Lipinski definition) is 6. The Labute approximate surface area is 166 Å². The molecule has 7 nitrogen and oxygen atoms in total. The van der Waals surface area contributed by atoms with Crippen LogP contribution < -0.4 is 5.32 Å². The number of pyridine rings is 2. The third-order valence-electron chi connectivity index (χ3n) is 4.27. The number of nitrogens with one attached hydrogen (secondary N) is 1. The van der Waals surface area contributed by atoms with Gasteiger partial charge in [0.15, 0.2) is 6.61 Å². The van der Waals surface area contributed by atoms with E-state index < -0.39 is 18.5 Å². The summed E-state index contributed by atoms with van der Waals surface area (Å²) >= 11 is 0. The quantitative estimate of drug-likeness (QED) is 0.510. The Kier molecular flexibility index (Phi) is 5.29. The number of aromatic nitrogens is 2. The second-order valence-electron chi connectivity index (χ2n) is 6.25. The summed E-state index contributed by atoms with van der Waals surface area (Å²) in [5.74, 6) is -0.395. The fraction of sp³-hybridized carbons (Fsp3) is 0.0909. The number of carbonyl (C=O) groups is 2. The average Bonchev–Trinajstić information content (AvgIpc) is 3.29.